The summed E-state index contributed by atoms with van der Waals surface area (Å²) in [4.78, 5) is 0. The molecule has 7 rings (SSSR count). The molecule has 1 aromatic carbocycles. The summed E-state index contributed by atoms with van der Waals surface area (Å²) in [5.74, 6) is 4.44. The van der Waals surface area contributed by atoms with Gasteiger partial charge in [-0.25, -0.2) is 0 Å². The molecule has 4 nitrogen and oxygen atoms in total. The van der Waals surface area contributed by atoms with Crippen molar-refractivity contribution in [1.29, 1.82) is 0 Å². The van der Waals surface area contributed by atoms with Crippen LogP contribution in [0.1, 0.15) is 50.1 Å². The lowest BCUT2D eigenvalue weighted by molar-refractivity contribution is -0.0331. The summed E-state index contributed by atoms with van der Waals surface area (Å²) in [5, 5.41) is 7.74. The van der Waals surface area contributed by atoms with Crippen LogP contribution in [0, 0.1) is 23.2 Å². The Morgan fingerprint density at radius 2 is 1.65 bits per heavy atom. The number of hydrogen-bond donors (Lipinski definition) is 2. The first-order valence-corrected chi connectivity index (χ1v) is 10.3. The maximum Gasteiger partial charge on any atom is 0.231 e. The number of nitrogens with one attached hydrogen (secondary N) is 2. The van der Waals surface area contributed by atoms with Gasteiger partial charge in [-0.05, 0) is 92.3 Å². The number of thiocarbonyl (C=S) groups is 1. The Balaban J connectivity index is 1.36. The Bertz CT molecular complexity index is 783. The van der Waals surface area contributed by atoms with Crippen molar-refractivity contribution in [3.05, 3.63) is 35.5 Å². The zero-order valence-corrected chi connectivity index (χ0v) is 15.6. The van der Waals surface area contributed by atoms with Gasteiger partial charge in [0.05, 0.1) is 6.04 Å². The van der Waals surface area contributed by atoms with Crippen LogP contribution in [-0.4, -0.2) is 11.9 Å². The van der Waals surface area contributed by atoms with Gasteiger partial charge in [0.1, 0.15) is 0 Å². The smallest absolute Gasteiger partial charge is 0.231 e. The molecule has 1 aromatic rings. The Kier molecular flexibility index (Phi) is 3.17. The first-order valence-electron chi connectivity index (χ1n) is 9.86. The molecule has 0 aromatic heterocycles. The van der Waals surface area contributed by atoms with E-state index in [1.54, 1.807) is 0 Å². The van der Waals surface area contributed by atoms with Crippen molar-refractivity contribution in [1.82, 2.24) is 10.6 Å². The lowest BCUT2D eigenvalue weighted by Gasteiger charge is -2.58. The summed E-state index contributed by atoms with van der Waals surface area (Å²) in [6.07, 6.45) is 10.8. The van der Waals surface area contributed by atoms with Crippen molar-refractivity contribution in [3.63, 3.8) is 0 Å². The number of ether oxygens (including phenoxy) is 2. The van der Waals surface area contributed by atoms with Gasteiger partial charge in [0.15, 0.2) is 16.6 Å². The van der Waals surface area contributed by atoms with Crippen LogP contribution >= 0.6 is 12.2 Å². The lowest BCUT2D eigenvalue weighted by Crippen LogP contribution is -2.53. The van der Waals surface area contributed by atoms with Crippen LogP contribution < -0.4 is 20.1 Å². The third-order valence-corrected chi connectivity index (χ3v) is 7.45. The second-order valence-electron chi connectivity index (χ2n) is 8.97. The van der Waals surface area contributed by atoms with Crippen molar-refractivity contribution >= 4 is 17.3 Å². The fourth-order valence-corrected chi connectivity index (χ4v) is 6.82. The van der Waals surface area contributed by atoms with Gasteiger partial charge in [0.2, 0.25) is 6.79 Å². The van der Waals surface area contributed by atoms with E-state index in [9.17, 15) is 0 Å². The van der Waals surface area contributed by atoms with Gasteiger partial charge >= 0.3 is 0 Å². The van der Waals surface area contributed by atoms with Gasteiger partial charge < -0.3 is 20.1 Å². The summed E-state index contributed by atoms with van der Waals surface area (Å²) < 4.78 is 11.0. The Morgan fingerprint density at radius 3 is 2.38 bits per heavy atom. The highest BCUT2D eigenvalue weighted by Gasteiger charge is 2.53. The highest BCUT2D eigenvalue weighted by molar-refractivity contribution is 7.80. The maximum absolute atomic E-state index is 5.60. The average molecular weight is 369 g/mol. The summed E-state index contributed by atoms with van der Waals surface area (Å²) in [5.41, 5.74) is 2.89. The van der Waals surface area contributed by atoms with Crippen LogP contribution in [0.3, 0.4) is 0 Å². The van der Waals surface area contributed by atoms with E-state index < -0.39 is 0 Å². The normalized spacial score (nSPS) is 39.4. The van der Waals surface area contributed by atoms with Gasteiger partial charge in [-0.3, -0.25) is 0 Å². The predicted octanol–water partition coefficient (Wildman–Crippen LogP) is 4.03. The van der Waals surface area contributed by atoms with E-state index in [2.05, 4.69) is 28.8 Å². The van der Waals surface area contributed by atoms with Crippen LogP contribution in [-0.2, 0) is 0 Å². The van der Waals surface area contributed by atoms with Crippen molar-refractivity contribution < 1.29 is 9.47 Å². The van der Waals surface area contributed by atoms with Crippen molar-refractivity contribution in [2.75, 3.05) is 6.79 Å². The van der Waals surface area contributed by atoms with E-state index >= 15 is 0 Å². The van der Waals surface area contributed by atoms with Crippen molar-refractivity contribution in [3.8, 4) is 11.5 Å². The van der Waals surface area contributed by atoms with Crippen LogP contribution in [0.4, 0.5) is 0 Å². The molecule has 5 heteroatoms. The number of rotatable bonds is 2. The molecule has 0 radical (unpaired) electrons. The topological polar surface area (TPSA) is 42.5 Å². The third-order valence-electron chi connectivity index (χ3n) is 7.23. The van der Waals surface area contributed by atoms with E-state index in [-0.39, 0.29) is 6.04 Å². The van der Waals surface area contributed by atoms with Crippen LogP contribution in [0.2, 0.25) is 0 Å². The minimum Gasteiger partial charge on any atom is -0.454 e. The van der Waals surface area contributed by atoms with Gasteiger partial charge in [-0.2, -0.15) is 0 Å². The standard InChI is InChI=1S/C21H24N2O2S/c26-20-22-16(15-1-2-17-18(6-15)25-11-24-17)7-19(23-20)21-8-12-3-13(9-21)5-14(4-12)10-21/h1-2,6-7,12-14,16H,3-5,8-11H2,(H2,22,23,26)/t12?,13?,14?,16-,21?/m1/s1. The molecule has 2 N–H and O–H groups in total. The molecule has 0 saturated heterocycles. The second kappa shape index (κ2) is 5.38. The van der Waals surface area contributed by atoms with E-state index in [0.29, 0.717) is 12.2 Å². The monoisotopic (exact) mass is 368 g/mol. The van der Waals surface area contributed by atoms with Gasteiger partial charge in [0, 0.05) is 11.1 Å². The third kappa shape index (κ3) is 2.29. The molecule has 0 spiro atoms. The zero-order chi connectivity index (χ0) is 17.3. The molecule has 1 atom stereocenters. The van der Waals surface area contributed by atoms with E-state index in [4.69, 9.17) is 21.7 Å². The molecule has 6 aliphatic rings. The SMILES string of the molecule is S=C1NC(C23CC4CC(CC(C4)C2)C3)=C[C@H](c2ccc3c(c2)OCO3)N1. The number of fused-ring (bicyclic) bond motifs is 1. The molecule has 0 amide bonds. The van der Waals surface area contributed by atoms with E-state index in [1.807, 2.05) is 6.07 Å². The predicted molar refractivity (Wildman–Crippen MR) is 103 cm³/mol. The quantitative estimate of drug-likeness (QED) is 0.772. The maximum atomic E-state index is 5.60. The molecule has 4 fully saturated rings. The van der Waals surface area contributed by atoms with E-state index in [1.165, 1.54) is 49.8 Å². The van der Waals surface area contributed by atoms with Gasteiger partial charge in [-0.15, -0.1) is 0 Å². The van der Waals surface area contributed by atoms with E-state index in [0.717, 1.165) is 34.4 Å². The fourth-order valence-electron chi connectivity index (χ4n) is 6.59. The Hall–Kier alpha value is -1.75. The van der Waals surface area contributed by atoms with Crippen molar-refractivity contribution in [2.24, 2.45) is 23.2 Å². The summed E-state index contributed by atoms with van der Waals surface area (Å²) in [6, 6.07) is 6.30. The zero-order valence-electron chi connectivity index (χ0n) is 14.8. The van der Waals surface area contributed by atoms with Gasteiger partial charge in [0.25, 0.3) is 0 Å². The van der Waals surface area contributed by atoms with Crippen LogP contribution in [0.5, 0.6) is 11.5 Å². The minimum atomic E-state index is 0.0984. The van der Waals surface area contributed by atoms with Crippen LogP contribution in [0.25, 0.3) is 0 Å². The lowest BCUT2D eigenvalue weighted by atomic mass is 9.48. The summed E-state index contributed by atoms with van der Waals surface area (Å²) >= 11 is 5.60. The Labute approximate surface area is 159 Å². The minimum absolute atomic E-state index is 0.0984. The van der Waals surface area contributed by atoms with Crippen LogP contribution in [0.15, 0.2) is 30.0 Å². The fraction of sp³-hybridized carbons (Fsp3) is 0.571. The second-order valence-corrected chi connectivity index (χ2v) is 9.38. The molecule has 4 aliphatic carbocycles. The molecule has 2 heterocycles. The molecular weight excluding hydrogens is 344 g/mol. The molecule has 4 bridgehead atoms. The number of hydrogen-bond acceptors (Lipinski definition) is 3. The Morgan fingerprint density at radius 1 is 0.962 bits per heavy atom. The average Bonchev–Trinajstić information content (AvgIpc) is 3.08. The molecule has 26 heavy (non-hydrogen) atoms. The first kappa shape index (κ1) is 15.3. The molecule has 0 unspecified atom stereocenters. The first-order chi connectivity index (χ1) is 12.7. The van der Waals surface area contributed by atoms with Crippen molar-refractivity contribution in [2.45, 2.75) is 44.6 Å². The molecule has 2 aliphatic heterocycles. The summed E-state index contributed by atoms with van der Waals surface area (Å²) in [7, 11) is 0. The molecule has 136 valence electrons. The van der Waals surface area contributed by atoms with Gasteiger partial charge in [-0.1, -0.05) is 6.07 Å². The largest absolute Gasteiger partial charge is 0.454 e. The summed E-state index contributed by atoms with van der Waals surface area (Å²) in [6.45, 7) is 0.311. The highest BCUT2D eigenvalue weighted by Crippen LogP contribution is 2.62. The molecule has 4 saturated carbocycles. The number of allylic oxidation sites excluding steroid dienone is 1. The highest BCUT2D eigenvalue weighted by atomic mass is 32.1. The molecular formula is C21H24N2O2S. The number of benzene rings is 1.